The van der Waals surface area contributed by atoms with Crippen LogP contribution in [0.3, 0.4) is 0 Å². The molecular formula is C15H24FN. The largest absolute Gasteiger partial charge is 0.314 e. The van der Waals surface area contributed by atoms with E-state index in [9.17, 15) is 4.39 Å². The third kappa shape index (κ3) is 4.47. The maximum Gasteiger partial charge on any atom is 0.123 e. The third-order valence-electron chi connectivity index (χ3n) is 3.22. The van der Waals surface area contributed by atoms with Crippen LogP contribution in [0.4, 0.5) is 4.39 Å². The average Bonchev–Trinajstić information content (AvgIpc) is 2.29. The highest BCUT2D eigenvalue weighted by Crippen LogP contribution is 2.24. The van der Waals surface area contributed by atoms with Crippen LogP contribution in [0.15, 0.2) is 18.2 Å². The van der Waals surface area contributed by atoms with Gasteiger partial charge in [0.1, 0.15) is 5.82 Å². The summed E-state index contributed by atoms with van der Waals surface area (Å²) in [5.41, 5.74) is 2.32. The minimum absolute atomic E-state index is 0.133. The summed E-state index contributed by atoms with van der Waals surface area (Å²) in [5.74, 6) is 0.261. The summed E-state index contributed by atoms with van der Waals surface area (Å²) in [5, 5.41) is 3.47. The van der Waals surface area contributed by atoms with Crippen LogP contribution in [0.25, 0.3) is 0 Å². The van der Waals surface area contributed by atoms with E-state index in [0.29, 0.717) is 12.0 Å². The third-order valence-corrected chi connectivity index (χ3v) is 3.22. The van der Waals surface area contributed by atoms with Crippen molar-refractivity contribution in [2.45, 2.75) is 52.5 Å². The predicted molar refractivity (Wildman–Crippen MR) is 71.9 cm³/mol. The Kier molecular flexibility index (Phi) is 5.63. The topological polar surface area (TPSA) is 12.0 Å². The molecule has 0 aliphatic carbocycles. The zero-order chi connectivity index (χ0) is 12.8. The molecule has 0 radical (unpaired) electrons. The fourth-order valence-corrected chi connectivity index (χ4v) is 2.27. The van der Waals surface area contributed by atoms with E-state index in [4.69, 9.17) is 0 Å². The van der Waals surface area contributed by atoms with Gasteiger partial charge >= 0.3 is 0 Å². The number of hydrogen-bond donors (Lipinski definition) is 1. The van der Waals surface area contributed by atoms with Gasteiger partial charge in [-0.3, -0.25) is 0 Å². The molecule has 0 saturated carbocycles. The molecule has 0 aliphatic rings. The maximum absolute atomic E-state index is 13.2. The van der Waals surface area contributed by atoms with Gasteiger partial charge < -0.3 is 5.32 Å². The molecule has 2 heteroatoms. The summed E-state index contributed by atoms with van der Waals surface area (Å²) < 4.78 is 13.2. The molecule has 96 valence electrons. The standard InChI is InChI=1S/C15H24FN/c1-5-8-17-13(4)9-12(3)15-10-14(16)7-6-11(15)2/h6-7,10,12-13,17H,5,8-9H2,1-4H3. The van der Waals surface area contributed by atoms with E-state index in [0.717, 1.165) is 24.9 Å². The molecule has 1 N–H and O–H groups in total. The van der Waals surface area contributed by atoms with E-state index in [1.54, 1.807) is 6.07 Å². The van der Waals surface area contributed by atoms with Crippen molar-refractivity contribution in [1.29, 1.82) is 0 Å². The molecule has 1 rings (SSSR count). The Morgan fingerprint density at radius 2 is 2.00 bits per heavy atom. The quantitative estimate of drug-likeness (QED) is 0.788. The fraction of sp³-hybridized carbons (Fsp3) is 0.600. The van der Waals surface area contributed by atoms with E-state index >= 15 is 0 Å². The van der Waals surface area contributed by atoms with Gasteiger partial charge in [-0.05, 0) is 62.4 Å². The fourth-order valence-electron chi connectivity index (χ4n) is 2.27. The number of halogens is 1. The molecule has 0 fully saturated rings. The van der Waals surface area contributed by atoms with Crippen molar-refractivity contribution in [3.63, 3.8) is 0 Å². The van der Waals surface area contributed by atoms with Crippen LogP contribution in [0, 0.1) is 12.7 Å². The summed E-state index contributed by atoms with van der Waals surface area (Å²) in [4.78, 5) is 0. The SMILES string of the molecule is CCCNC(C)CC(C)c1cc(F)ccc1C. The van der Waals surface area contributed by atoms with Gasteiger partial charge in [0.15, 0.2) is 0 Å². The van der Waals surface area contributed by atoms with Crippen molar-refractivity contribution < 1.29 is 4.39 Å². The van der Waals surface area contributed by atoms with Gasteiger partial charge in [0.25, 0.3) is 0 Å². The van der Waals surface area contributed by atoms with Gasteiger partial charge in [0.05, 0.1) is 0 Å². The number of aryl methyl sites for hydroxylation is 1. The van der Waals surface area contributed by atoms with Crippen LogP contribution in [0.1, 0.15) is 50.7 Å². The molecule has 0 heterocycles. The average molecular weight is 237 g/mol. The van der Waals surface area contributed by atoms with Crippen molar-refractivity contribution in [1.82, 2.24) is 5.32 Å². The Balaban J connectivity index is 2.62. The summed E-state index contributed by atoms with van der Waals surface area (Å²) in [6.45, 7) is 9.64. The molecule has 0 aliphatic heterocycles. The lowest BCUT2D eigenvalue weighted by Gasteiger charge is -2.20. The van der Waals surface area contributed by atoms with Crippen molar-refractivity contribution in [2.24, 2.45) is 0 Å². The minimum Gasteiger partial charge on any atom is -0.314 e. The van der Waals surface area contributed by atoms with Crippen LogP contribution in [0.5, 0.6) is 0 Å². The molecule has 0 amide bonds. The molecule has 2 unspecified atom stereocenters. The first-order valence-corrected chi connectivity index (χ1v) is 6.54. The lowest BCUT2D eigenvalue weighted by atomic mass is 9.91. The van der Waals surface area contributed by atoms with Crippen LogP contribution in [0.2, 0.25) is 0 Å². The van der Waals surface area contributed by atoms with E-state index in [1.807, 2.05) is 6.07 Å². The molecular weight excluding hydrogens is 213 g/mol. The molecule has 2 atom stereocenters. The monoisotopic (exact) mass is 237 g/mol. The van der Waals surface area contributed by atoms with Crippen molar-refractivity contribution in [3.05, 3.63) is 35.1 Å². The first-order chi connectivity index (χ1) is 8.04. The number of rotatable bonds is 6. The van der Waals surface area contributed by atoms with Crippen molar-refractivity contribution in [3.8, 4) is 0 Å². The van der Waals surface area contributed by atoms with E-state index in [-0.39, 0.29) is 5.82 Å². The molecule has 1 aromatic carbocycles. The zero-order valence-electron chi connectivity index (χ0n) is 11.4. The highest BCUT2D eigenvalue weighted by molar-refractivity contribution is 5.29. The van der Waals surface area contributed by atoms with E-state index < -0.39 is 0 Å². The Morgan fingerprint density at radius 1 is 1.29 bits per heavy atom. The molecule has 1 nitrogen and oxygen atoms in total. The van der Waals surface area contributed by atoms with Crippen LogP contribution in [-0.4, -0.2) is 12.6 Å². The van der Waals surface area contributed by atoms with Crippen LogP contribution in [-0.2, 0) is 0 Å². The molecule has 0 bridgehead atoms. The van der Waals surface area contributed by atoms with Gasteiger partial charge in [-0.2, -0.15) is 0 Å². The zero-order valence-corrected chi connectivity index (χ0v) is 11.4. The number of hydrogen-bond acceptors (Lipinski definition) is 1. The molecule has 17 heavy (non-hydrogen) atoms. The second-order valence-electron chi connectivity index (χ2n) is 4.99. The normalized spacial score (nSPS) is 14.6. The Morgan fingerprint density at radius 3 is 2.65 bits per heavy atom. The van der Waals surface area contributed by atoms with E-state index in [2.05, 4.69) is 33.0 Å². The molecule has 0 spiro atoms. The first kappa shape index (κ1) is 14.2. The van der Waals surface area contributed by atoms with E-state index in [1.165, 1.54) is 11.6 Å². The lowest BCUT2D eigenvalue weighted by Crippen LogP contribution is -2.28. The second-order valence-corrected chi connectivity index (χ2v) is 4.99. The number of nitrogens with one attached hydrogen (secondary N) is 1. The van der Waals surface area contributed by atoms with Crippen molar-refractivity contribution in [2.75, 3.05) is 6.54 Å². The molecule has 0 aromatic heterocycles. The van der Waals surface area contributed by atoms with Gasteiger partial charge in [0.2, 0.25) is 0 Å². The number of benzene rings is 1. The highest BCUT2D eigenvalue weighted by Gasteiger charge is 2.12. The van der Waals surface area contributed by atoms with Gasteiger partial charge in [-0.15, -0.1) is 0 Å². The lowest BCUT2D eigenvalue weighted by molar-refractivity contribution is 0.477. The molecule has 0 saturated heterocycles. The van der Waals surface area contributed by atoms with Gasteiger partial charge in [-0.1, -0.05) is 19.9 Å². The first-order valence-electron chi connectivity index (χ1n) is 6.54. The summed E-state index contributed by atoms with van der Waals surface area (Å²) in [6.07, 6.45) is 2.20. The Labute approximate surface area is 104 Å². The molecule has 1 aromatic rings. The Bertz CT molecular complexity index is 349. The summed E-state index contributed by atoms with van der Waals surface area (Å²) in [7, 11) is 0. The smallest absolute Gasteiger partial charge is 0.123 e. The second kappa shape index (κ2) is 6.75. The van der Waals surface area contributed by atoms with Gasteiger partial charge in [-0.25, -0.2) is 4.39 Å². The highest BCUT2D eigenvalue weighted by atomic mass is 19.1. The van der Waals surface area contributed by atoms with Gasteiger partial charge in [0, 0.05) is 6.04 Å². The van der Waals surface area contributed by atoms with Crippen LogP contribution >= 0.6 is 0 Å². The van der Waals surface area contributed by atoms with Crippen LogP contribution < -0.4 is 5.32 Å². The predicted octanol–water partition coefficient (Wildman–Crippen LogP) is 4.02. The summed E-state index contributed by atoms with van der Waals surface area (Å²) >= 11 is 0. The van der Waals surface area contributed by atoms with Crippen molar-refractivity contribution >= 4 is 0 Å². The maximum atomic E-state index is 13.2. The summed E-state index contributed by atoms with van der Waals surface area (Å²) in [6, 6.07) is 5.55. The minimum atomic E-state index is -0.133. The Hall–Kier alpha value is -0.890.